The van der Waals surface area contributed by atoms with Crippen molar-refractivity contribution in [2.45, 2.75) is 19.4 Å². The third-order valence-electron chi connectivity index (χ3n) is 4.38. The van der Waals surface area contributed by atoms with Gasteiger partial charge in [0.1, 0.15) is 17.8 Å². The molecule has 1 unspecified atom stereocenters. The molecule has 2 aromatic heterocycles. The highest BCUT2D eigenvalue weighted by atomic mass is 16.2. The monoisotopic (exact) mass is 361 g/mol. The van der Waals surface area contributed by atoms with Crippen molar-refractivity contribution < 1.29 is 4.79 Å². The zero-order chi connectivity index (χ0) is 19.1. The number of anilines is 1. The molecule has 6 heteroatoms. The quantitative estimate of drug-likeness (QED) is 0.699. The standard InChI is InChI=1S/C21H23N5O/c1-16(18-6-4-3-5-7-18)25-20-14-19(23-15-24-20)21(27)26(2)13-10-17-8-11-22-12-9-17/h3-9,11-12,14-16H,10,13H2,1-2H3,(H,23,24,25). The third kappa shape index (κ3) is 5.10. The van der Waals surface area contributed by atoms with Crippen LogP contribution in [0.15, 0.2) is 67.3 Å². The van der Waals surface area contributed by atoms with Gasteiger partial charge in [-0.3, -0.25) is 9.78 Å². The molecule has 6 nitrogen and oxygen atoms in total. The Labute approximate surface area is 159 Å². The summed E-state index contributed by atoms with van der Waals surface area (Å²) in [6, 6.07) is 15.8. The van der Waals surface area contributed by atoms with Crippen LogP contribution in [0.2, 0.25) is 0 Å². The normalized spacial score (nSPS) is 11.6. The van der Waals surface area contributed by atoms with Gasteiger partial charge < -0.3 is 10.2 Å². The number of nitrogens with one attached hydrogen (secondary N) is 1. The van der Waals surface area contributed by atoms with Crippen LogP contribution in [-0.2, 0) is 6.42 Å². The largest absolute Gasteiger partial charge is 0.363 e. The van der Waals surface area contributed by atoms with Crippen LogP contribution < -0.4 is 5.32 Å². The Morgan fingerprint density at radius 3 is 2.59 bits per heavy atom. The number of amides is 1. The number of likely N-dealkylation sites (N-methyl/N-ethyl adjacent to an activating group) is 1. The van der Waals surface area contributed by atoms with E-state index in [2.05, 4.69) is 39.3 Å². The number of carbonyl (C=O) groups is 1. The van der Waals surface area contributed by atoms with Gasteiger partial charge in [-0.2, -0.15) is 0 Å². The molecule has 0 saturated heterocycles. The van der Waals surface area contributed by atoms with Crippen molar-refractivity contribution >= 4 is 11.7 Å². The van der Waals surface area contributed by atoms with Crippen molar-refractivity contribution in [1.82, 2.24) is 19.9 Å². The van der Waals surface area contributed by atoms with E-state index >= 15 is 0 Å². The second kappa shape index (κ2) is 8.89. The van der Waals surface area contributed by atoms with Crippen LogP contribution in [0.25, 0.3) is 0 Å². The predicted molar refractivity (Wildman–Crippen MR) is 105 cm³/mol. The van der Waals surface area contributed by atoms with Gasteiger partial charge in [0, 0.05) is 38.1 Å². The lowest BCUT2D eigenvalue weighted by atomic mass is 10.1. The van der Waals surface area contributed by atoms with Crippen molar-refractivity contribution in [3.05, 3.63) is 84.1 Å². The van der Waals surface area contributed by atoms with Crippen molar-refractivity contribution in [1.29, 1.82) is 0 Å². The minimum atomic E-state index is -0.123. The fraction of sp³-hybridized carbons (Fsp3) is 0.238. The molecule has 0 aliphatic carbocycles. The van der Waals surface area contributed by atoms with Crippen LogP contribution in [0.3, 0.4) is 0 Å². The Morgan fingerprint density at radius 1 is 1.11 bits per heavy atom. The third-order valence-corrected chi connectivity index (χ3v) is 4.38. The SMILES string of the molecule is CC(Nc1cc(C(=O)N(C)CCc2ccncc2)ncn1)c1ccccc1. The highest BCUT2D eigenvalue weighted by Gasteiger charge is 2.15. The molecular weight excluding hydrogens is 338 g/mol. The zero-order valence-corrected chi connectivity index (χ0v) is 15.5. The second-order valence-electron chi connectivity index (χ2n) is 6.40. The van der Waals surface area contributed by atoms with E-state index in [0.717, 1.165) is 17.5 Å². The van der Waals surface area contributed by atoms with Gasteiger partial charge in [0.25, 0.3) is 5.91 Å². The first-order valence-electron chi connectivity index (χ1n) is 8.91. The molecule has 3 aromatic rings. The summed E-state index contributed by atoms with van der Waals surface area (Å²) in [7, 11) is 1.78. The lowest BCUT2D eigenvalue weighted by Crippen LogP contribution is -2.29. The molecule has 1 N–H and O–H groups in total. The smallest absolute Gasteiger partial charge is 0.272 e. The van der Waals surface area contributed by atoms with E-state index in [1.165, 1.54) is 6.33 Å². The minimum Gasteiger partial charge on any atom is -0.363 e. The molecule has 0 aliphatic rings. The van der Waals surface area contributed by atoms with E-state index < -0.39 is 0 Å². The van der Waals surface area contributed by atoms with Crippen LogP contribution in [0.1, 0.15) is 34.6 Å². The summed E-state index contributed by atoms with van der Waals surface area (Å²) in [4.78, 5) is 26.7. The summed E-state index contributed by atoms with van der Waals surface area (Å²) in [6.07, 6.45) is 5.71. The molecule has 3 rings (SSSR count). The number of pyridine rings is 1. The number of nitrogens with zero attached hydrogens (tertiary/aromatic N) is 4. The first-order chi connectivity index (χ1) is 13.1. The number of benzene rings is 1. The maximum absolute atomic E-state index is 12.7. The molecule has 2 heterocycles. The van der Waals surface area contributed by atoms with Crippen molar-refractivity contribution in [2.75, 3.05) is 18.9 Å². The Morgan fingerprint density at radius 2 is 1.85 bits per heavy atom. The van der Waals surface area contributed by atoms with E-state index in [-0.39, 0.29) is 11.9 Å². The van der Waals surface area contributed by atoms with Crippen LogP contribution in [0, 0.1) is 0 Å². The van der Waals surface area contributed by atoms with Crippen molar-refractivity contribution in [3.8, 4) is 0 Å². The summed E-state index contributed by atoms with van der Waals surface area (Å²) >= 11 is 0. The Balaban J connectivity index is 1.62. The lowest BCUT2D eigenvalue weighted by molar-refractivity contribution is 0.0790. The summed E-state index contributed by atoms with van der Waals surface area (Å²) < 4.78 is 0. The van der Waals surface area contributed by atoms with E-state index in [0.29, 0.717) is 18.1 Å². The summed E-state index contributed by atoms with van der Waals surface area (Å²) in [5, 5.41) is 3.32. The summed E-state index contributed by atoms with van der Waals surface area (Å²) in [5.41, 5.74) is 2.68. The van der Waals surface area contributed by atoms with Gasteiger partial charge in [-0.05, 0) is 36.6 Å². The van der Waals surface area contributed by atoms with Gasteiger partial charge in [0.2, 0.25) is 0 Å². The number of carbonyl (C=O) groups excluding carboxylic acids is 1. The maximum Gasteiger partial charge on any atom is 0.272 e. The van der Waals surface area contributed by atoms with Gasteiger partial charge in [-0.1, -0.05) is 30.3 Å². The van der Waals surface area contributed by atoms with E-state index in [9.17, 15) is 4.79 Å². The first-order valence-corrected chi connectivity index (χ1v) is 8.91. The molecule has 0 spiro atoms. The van der Waals surface area contributed by atoms with Crippen LogP contribution >= 0.6 is 0 Å². The molecule has 1 amide bonds. The molecular formula is C21H23N5O. The average molecular weight is 361 g/mol. The van der Waals surface area contributed by atoms with E-state index in [1.807, 2.05) is 30.3 Å². The average Bonchev–Trinajstić information content (AvgIpc) is 2.73. The maximum atomic E-state index is 12.7. The van der Waals surface area contributed by atoms with E-state index in [4.69, 9.17) is 0 Å². The molecule has 1 atom stereocenters. The Kier molecular flexibility index (Phi) is 6.10. The number of rotatable bonds is 7. The number of hydrogen-bond acceptors (Lipinski definition) is 5. The number of aromatic nitrogens is 3. The molecule has 0 saturated carbocycles. The summed E-state index contributed by atoms with van der Waals surface area (Å²) in [5.74, 6) is 0.508. The molecule has 0 radical (unpaired) electrons. The second-order valence-corrected chi connectivity index (χ2v) is 6.40. The van der Waals surface area contributed by atoms with Gasteiger partial charge >= 0.3 is 0 Å². The van der Waals surface area contributed by atoms with Gasteiger partial charge in [-0.25, -0.2) is 9.97 Å². The van der Waals surface area contributed by atoms with Gasteiger partial charge in [0.05, 0.1) is 0 Å². The Hall–Kier alpha value is -3.28. The Bertz CT molecular complexity index is 870. The fourth-order valence-corrected chi connectivity index (χ4v) is 2.74. The zero-order valence-electron chi connectivity index (χ0n) is 15.5. The lowest BCUT2D eigenvalue weighted by Gasteiger charge is -2.18. The van der Waals surface area contributed by atoms with Gasteiger partial charge in [0.15, 0.2) is 0 Å². The number of hydrogen-bond donors (Lipinski definition) is 1. The first kappa shape index (κ1) is 18.5. The highest BCUT2D eigenvalue weighted by molar-refractivity contribution is 5.92. The van der Waals surface area contributed by atoms with Crippen molar-refractivity contribution in [3.63, 3.8) is 0 Å². The van der Waals surface area contributed by atoms with Crippen LogP contribution in [0.5, 0.6) is 0 Å². The van der Waals surface area contributed by atoms with Gasteiger partial charge in [-0.15, -0.1) is 0 Å². The molecule has 138 valence electrons. The highest BCUT2D eigenvalue weighted by Crippen LogP contribution is 2.17. The molecule has 0 aliphatic heterocycles. The predicted octanol–water partition coefficient (Wildman–Crippen LogP) is 3.36. The molecule has 0 bridgehead atoms. The fourth-order valence-electron chi connectivity index (χ4n) is 2.74. The molecule has 0 fully saturated rings. The van der Waals surface area contributed by atoms with Crippen LogP contribution in [-0.4, -0.2) is 39.4 Å². The molecule has 1 aromatic carbocycles. The summed E-state index contributed by atoms with van der Waals surface area (Å²) in [6.45, 7) is 2.66. The molecule has 27 heavy (non-hydrogen) atoms. The minimum absolute atomic E-state index is 0.0773. The van der Waals surface area contributed by atoms with Crippen molar-refractivity contribution in [2.24, 2.45) is 0 Å². The van der Waals surface area contributed by atoms with E-state index in [1.54, 1.807) is 30.4 Å². The topological polar surface area (TPSA) is 71.0 Å². The van der Waals surface area contributed by atoms with Crippen LogP contribution in [0.4, 0.5) is 5.82 Å².